The minimum atomic E-state index is -4.44. The number of nitrogens with zero attached hydrogens (tertiary/aromatic N) is 4. The first-order valence-corrected chi connectivity index (χ1v) is 7.64. The van der Waals surface area contributed by atoms with E-state index < -0.39 is 41.8 Å². The number of ether oxygens (including phenoxy) is 1. The van der Waals surface area contributed by atoms with Gasteiger partial charge in [-0.2, -0.15) is 13.2 Å². The maximum atomic E-state index is 12.3. The fourth-order valence-corrected chi connectivity index (χ4v) is 3.16. The molecule has 128 valence electrons. The summed E-state index contributed by atoms with van der Waals surface area (Å²) < 4.78 is 42.2. The minimum Gasteiger partial charge on any atom is -0.387 e. The van der Waals surface area contributed by atoms with Crippen LogP contribution in [0.3, 0.4) is 0 Å². The van der Waals surface area contributed by atoms with Crippen molar-refractivity contribution in [2.45, 2.75) is 36.1 Å². The van der Waals surface area contributed by atoms with Crippen LogP contribution < -0.4 is 5.73 Å². The van der Waals surface area contributed by atoms with E-state index in [2.05, 4.69) is 15.0 Å². The van der Waals surface area contributed by atoms with Crippen molar-refractivity contribution in [3.63, 3.8) is 0 Å². The van der Waals surface area contributed by atoms with Gasteiger partial charge in [-0.3, -0.25) is 9.89 Å². The second kappa shape index (κ2) is 5.92. The molecule has 4 N–H and O–H groups in total. The van der Waals surface area contributed by atoms with Gasteiger partial charge in [-0.25, -0.2) is 9.98 Å². The van der Waals surface area contributed by atoms with Crippen molar-refractivity contribution in [3.05, 3.63) is 0 Å². The van der Waals surface area contributed by atoms with E-state index in [4.69, 9.17) is 10.5 Å². The predicted octanol–water partition coefficient (Wildman–Crippen LogP) is -0.875. The monoisotopic (exact) mass is 353 g/mol. The summed E-state index contributed by atoms with van der Waals surface area (Å²) in [6.07, 6.45) is -3.76. The molecule has 1 fully saturated rings. The highest BCUT2D eigenvalue weighted by Crippen LogP contribution is 2.35. The van der Waals surface area contributed by atoms with Gasteiger partial charge in [0.05, 0.1) is 12.4 Å². The van der Waals surface area contributed by atoms with Crippen molar-refractivity contribution in [2.75, 3.05) is 12.4 Å². The molecule has 23 heavy (non-hydrogen) atoms. The normalized spacial score (nSPS) is 36.9. The molecule has 3 heterocycles. The van der Waals surface area contributed by atoms with E-state index in [-0.39, 0.29) is 24.3 Å². The first kappa shape index (κ1) is 16.5. The summed E-state index contributed by atoms with van der Waals surface area (Å²) in [6, 6.07) is -0.597. The van der Waals surface area contributed by atoms with Crippen LogP contribution in [0.5, 0.6) is 0 Å². The number of alkyl halides is 3. The molecule has 1 saturated heterocycles. The van der Waals surface area contributed by atoms with E-state index in [1.807, 2.05) is 0 Å². The number of nitrogens with two attached hydrogens (primary N) is 1. The standard InChI is InChI=1S/C11H14F3N5O3S/c12-11(13,14)23-1-4-6(20)7(21)10(22-4)19-3-18-5-8(15)16-2-17-9(5)19/h3-7,10,20-21H,1-2H2,(H2,15,16). The fraction of sp³-hybridized carbons (Fsp3) is 0.727. The van der Waals surface area contributed by atoms with Gasteiger partial charge in [-0.1, -0.05) is 0 Å². The Morgan fingerprint density at radius 3 is 2.78 bits per heavy atom. The SMILES string of the molecule is NC1=NCN=C2C1N=CN2C1OC(CSC(F)(F)F)C(O)C1O. The smallest absolute Gasteiger partial charge is 0.387 e. The zero-order valence-electron chi connectivity index (χ0n) is 11.6. The molecule has 0 radical (unpaired) electrons. The summed E-state index contributed by atoms with van der Waals surface area (Å²) in [4.78, 5) is 13.5. The molecule has 0 amide bonds. The molecule has 0 bridgehead atoms. The first-order chi connectivity index (χ1) is 10.8. The summed E-state index contributed by atoms with van der Waals surface area (Å²) in [7, 11) is 0. The van der Waals surface area contributed by atoms with Crippen molar-refractivity contribution >= 4 is 29.8 Å². The molecule has 5 unspecified atom stereocenters. The van der Waals surface area contributed by atoms with Gasteiger partial charge in [0, 0.05) is 5.75 Å². The molecule has 0 aliphatic carbocycles. The van der Waals surface area contributed by atoms with Gasteiger partial charge in [0.1, 0.15) is 30.5 Å². The molecular weight excluding hydrogens is 339 g/mol. The Morgan fingerprint density at radius 1 is 1.35 bits per heavy atom. The summed E-state index contributed by atoms with van der Waals surface area (Å²) >= 11 is -0.313. The van der Waals surface area contributed by atoms with Crippen molar-refractivity contribution in [3.8, 4) is 0 Å². The average Bonchev–Trinajstić information content (AvgIpc) is 3.01. The van der Waals surface area contributed by atoms with Gasteiger partial charge in [-0.05, 0) is 11.8 Å². The van der Waals surface area contributed by atoms with E-state index in [1.54, 1.807) is 0 Å². The van der Waals surface area contributed by atoms with Crippen LogP contribution in [0.25, 0.3) is 0 Å². The average molecular weight is 353 g/mol. The maximum Gasteiger partial charge on any atom is 0.441 e. The Bertz CT molecular complexity index is 570. The van der Waals surface area contributed by atoms with E-state index in [1.165, 1.54) is 11.2 Å². The van der Waals surface area contributed by atoms with Gasteiger partial charge in [0.25, 0.3) is 0 Å². The van der Waals surface area contributed by atoms with Crippen molar-refractivity contribution in [1.29, 1.82) is 0 Å². The fourth-order valence-electron chi connectivity index (χ4n) is 2.53. The summed E-state index contributed by atoms with van der Waals surface area (Å²) in [5.41, 5.74) is 1.27. The number of aliphatic hydroxyl groups is 2. The van der Waals surface area contributed by atoms with Crippen LogP contribution in [0.1, 0.15) is 0 Å². The van der Waals surface area contributed by atoms with Gasteiger partial charge in [0.15, 0.2) is 12.3 Å². The Hall–Kier alpha value is -1.37. The van der Waals surface area contributed by atoms with Crippen LogP contribution in [0.15, 0.2) is 15.0 Å². The third-order valence-electron chi connectivity index (χ3n) is 3.64. The van der Waals surface area contributed by atoms with E-state index >= 15 is 0 Å². The number of aliphatic imine (C=N–C) groups is 3. The van der Waals surface area contributed by atoms with E-state index in [9.17, 15) is 23.4 Å². The van der Waals surface area contributed by atoms with Gasteiger partial charge in [-0.15, -0.1) is 0 Å². The molecule has 0 aromatic carbocycles. The lowest BCUT2D eigenvalue weighted by Gasteiger charge is -2.28. The van der Waals surface area contributed by atoms with Crippen LogP contribution in [-0.2, 0) is 4.74 Å². The summed E-state index contributed by atoms with van der Waals surface area (Å²) in [5.74, 6) is 0.117. The molecule has 5 atom stereocenters. The lowest BCUT2D eigenvalue weighted by atomic mass is 10.1. The first-order valence-electron chi connectivity index (χ1n) is 6.66. The number of rotatable bonds is 3. The number of halogens is 3. The van der Waals surface area contributed by atoms with Gasteiger partial charge < -0.3 is 20.7 Å². The highest BCUT2D eigenvalue weighted by Gasteiger charge is 2.49. The van der Waals surface area contributed by atoms with Gasteiger partial charge in [0.2, 0.25) is 0 Å². The Morgan fingerprint density at radius 2 is 2.09 bits per heavy atom. The predicted molar refractivity (Wildman–Crippen MR) is 77.2 cm³/mol. The zero-order valence-corrected chi connectivity index (χ0v) is 12.4. The molecule has 0 saturated carbocycles. The molecule has 8 nitrogen and oxygen atoms in total. The number of hydrogen-bond donors (Lipinski definition) is 3. The molecule has 0 aromatic rings. The van der Waals surface area contributed by atoms with Crippen molar-refractivity contribution in [2.24, 2.45) is 20.7 Å². The maximum absolute atomic E-state index is 12.3. The number of aliphatic hydroxyl groups excluding tert-OH is 2. The highest BCUT2D eigenvalue weighted by atomic mass is 32.2. The van der Waals surface area contributed by atoms with Crippen LogP contribution in [0, 0.1) is 0 Å². The minimum absolute atomic E-state index is 0.0935. The molecule has 0 spiro atoms. The van der Waals surface area contributed by atoms with E-state index in [0.717, 1.165) is 0 Å². The van der Waals surface area contributed by atoms with Crippen LogP contribution in [-0.4, -0.2) is 81.6 Å². The Balaban J connectivity index is 1.70. The Kier molecular flexibility index (Phi) is 4.25. The molecule has 3 aliphatic heterocycles. The molecule has 3 rings (SSSR count). The Labute approximate surface area is 132 Å². The lowest BCUT2D eigenvalue weighted by molar-refractivity contribution is -0.0387. The topological polar surface area (TPSA) is 116 Å². The third-order valence-corrected chi connectivity index (χ3v) is 4.46. The number of thioether (sulfide) groups is 1. The molecule has 0 aromatic heterocycles. The largest absolute Gasteiger partial charge is 0.441 e. The molecule has 12 heteroatoms. The van der Waals surface area contributed by atoms with Gasteiger partial charge >= 0.3 is 5.51 Å². The second-order valence-corrected chi connectivity index (χ2v) is 6.20. The quantitative estimate of drug-likeness (QED) is 0.607. The zero-order chi connectivity index (χ0) is 16.8. The van der Waals surface area contributed by atoms with Crippen molar-refractivity contribution in [1.82, 2.24) is 4.90 Å². The van der Waals surface area contributed by atoms with Crippen LogP contribution in [0.2, 0.25) is 0 Å². The summed E-state index contributed by atoms with van der Waals surface area (Å²) in [6.45, 7) is 0.0935. The van der Waals surface area contributed by atoms with E-state index in [0.29, 0.717) is 5.84 Å². The number of amidine groups is 2. The number of hydrogen-bond acceptors (Lipinski definition) is 9. The third kappa shape index (κ3) is 3.16. The lowest BCUT2D eigenvalue weighted by Crippen LogP contribution is -2.49. The summed E-state index contributed by atoms with van der Waals surface area (Å²) in [5, 5.41) is 20.0. The highest BCUT2D eigenvalue weighted by molar-refractivity contribution is 8.00. The van der Waals surface area contributed by atoms with Crippen LogP contribution >= 0.6 is 11.8 Å². The molecular formula is C11H14F3N5O3S. The molecule has 3 aliphatic rings. The number of fused-ring (bicyclic) bond motifs is 1. The second-order valence-electron chi connectivity index (χ2n) is 5.12. The van der Waals surface area contributed by atoms with Crippen molar-refractivity contribution < 1.29 is 28.1 Å². The van der Waals surface area contributed by atoms with Crippen LogP contribution in [0.4, 0.5) is 13.2 Å².